The topological polar surface area (TPSA) is 96.3 Å². The minimum atomic E-state index is -0.678. The van der Waals surface area contributed by atoms with Crippen LogP contribution >= 0.6 is 0 Å². The van der Waals surface area contributed by atoms with Crippen LogP contribution in [0.4, 0.5) is 0 Å². The Kier molecular flexibility index (Phi) is 40.5. The summed E-state index contributed by atoms with van der Waals surface area (Å²) >= 11 is 0. The van der Waals surface area contributed by atoms with Crippen molar-refractivity contribution in [2.45, 2.75) is 218 Å². The number of unbranched alkanes of at least 4 members (excludes halogenated alkanes) is 24. The molecule has 0 saturated heterocycles. The number of allylic oxidation sites excluding steroid dienone is 8. The van der Waals surface area contributed by atoms with Gasteiger partial charge in [0.2, 0.25) is 0 Å². The fourth-order valence-corrected chi connectivity index (χ4v) is 7.57. The van der Waals surface area contributed by atoms with E-state index in [1.165, 1.54) is 121 Å². The van der Waals surface area contributed by atoms with Crippen LogP contribution in [-0.2, 0) is 16.0 Å². The maximum absolute atomic E-state index is 10.5. The van der Waals surface area contributed by atoms with Gasteiger partial charge in [-0.25, -0.2) is 0 Å². The van der Waals surface area contributed by atoms with E-state index in [-0.39, 0.29) is 0 Å². The van der Waals surface area contributed by atoms with Gasteiger partial charge in [0, 0.05) is 18.9 Å². The summed E-state index contributed by atoms with van der Waals surface area (Å²) in [5.74, 6) is 0.549. The molecule has 0 amide bonds. The molecule has 0 bridgehead atoms. The number of nitrogens with zero attached hydrogens (tertiary/aromatic N) is 1. The summed E-state index contributed by atoms with van der Waals surface area (Å²) < 4.78 is 12.5. The Balaban J connectivity index is 2.10. The second-order valence-electron chi connectivity index (χ2n) is 17.7. The first-order valence-corrected chi connectivity index (χ1v) is 25.4. The first-order valence-electron chi connectivity index (χ1n) is 25.4. The number of benzene rings is 1. The summed E-state index contributed by atoms with van der Waals surface area (Å²) in [6.07, 6.45) is 56.3. The van der Waals surface area contributed by atoms with Crippen LogP contribution in [0.2, 0.25) is 0 Å². The maximum atomic E-state index is 10.5. The molecule has 0 aliphatic rings. The molecule has 0 aliphatic carbocycles. The molecule has 1 aromatic carbocycles. The first kappa shape index (κ1) is 56.7. The highest BCUT2D eigenvalue weighted by Gasteiger charge is 2.06. The number of hydrogen-bond acceptors (Lipinski definition) is 5. The molecule has 0 aliphatic heterocycles. The van der Waals surface area contributed by atoms with Crippen LogP contribution in [0.1, 0.15) is 217 Å². The number of aliphatic carboxylic acids is 2. The Bertz CT molecular complexity index is 1210. The fraction of sp³-hybridized carbons (Fsp3) is 0.709. The van der Waals surface area contributed by atoms with Gasteiger partial charge < -0.3 is 24.6 Å². The highest BCUT2D eigenvalue weighted by atomic mass is 16.5. The number of aryl methyl sites for hydroxylation is 1. The van der Waals surface area contributed by atoms with E-state index in [2.05, 4.69) is 85.8 Å². The van der Waals surface area contributed by atoms with Gasteiger partial charge in [-0.3, -0.25) is 9.59 Å². The molecule has 1 rings (SSSR count). The number of carboxylic acid groups (broad SMARTS) is 2. The van der Waals surface area contributed by atoms with Gasteiger partial charge in [0.25, 0.3) is 0 Å². The van der Waals surface area contributed by atoms with Crippen molar-refractivity contribution in [1.29, 1.82) is 0 Å². The summed E-state index contributed by atoms with van der Waals surface area (Å²) in [7, 11) is 4.27. The number of carboxylic acids is 2. The summed E-state index contributed by atoms with van der Waals surface area (Å²) in [5, 5.41) is 17.4. The average Bonchev–Trinajstić information content (AvgIpc) is 3.24. The van der Waals surface area contributed by atoms with Crippen molar-refractivity contribution in [3.8, 4) is 11.5 Å². The summed E-state index contributed by atoms with van der Waals surface area (Å²) in [5.41, 5.74) is 1.31. The lowest BCUT2D eigenvalue weighted by Crippen LogP contribution is -2.13. The molecule has 354 valence electrons. The Morgan fingerprint density at radius 2 is 0.758 bits per heavy atom. The van der Waals surface area contributed by atoms with Crippen molar-refractivity contribution in [3.63, 3.8) is 0 Å². The molecule has 0 atom stereocenters. The van der Waals surface area contributed by atoms with Gasteiger partial charge in [-0.1, -0.05) is 151 Å². The zero-order chi connectivity index (χ0) is 44.8. The van der Waals surface area contributed by atoms with Crippen molar-refractivity contribution < 1.29 is 29.3 Å². The third kappa shape index (κ3) is 42.0. The molecule has 0 aromatic heterocycles. The largest absolute Gasteiger partial charge is 0.493 e. The lowest BCUT2D eigenvalue weighted by atomic mass is 10.1. The molecule has 0 unspecified atom stereocenters. The SMILES string of the molecule is CN(C)CCCc1cc(OCCCCCCCCC/C=C\C/C=C\CCCCCCCC(=O)O)cc(OCCCCCCCCC/C=C\C/C=C\CCCCCCCC(=O)O)c1. The third-order valence-electron chi connectivity index (χ3n) is 11.3. The monoisotopic (exact) mass is 864 g/mol. The van der Waals surface area contributed by atoms with E-state index in [0.717, 1.165) is 121 Å². The Morgan fingerprint density at radius 1 is 0.435 bits per heavy atom. The maximum Gasteiger partial charge on any atom is 0.303 e. The molecule has 0 radical (unpaired) electrons. The van der Waals surface area contributed by atoms with E-state index >= 15 is 0 Å². The van der Waals surface area contributed by atoms with Crippen LogP contribution in [0.25, 0.3) is 0 Å². The predicted molar refractivity (Wildman–Crippen MR) is 264 cm³/mol. The van der Waals surface area contributed by atoms with Crippen LogP contribution in [-0.4, -0.2) is 60.9 Å². The number of ether oxygens (including phenoxy) is 2. The Labute approximate surface area is 380 Å². The standard InChI is InChI=1S/C55H93NO6/c1-56(2)45-41-42-51-48-52(61-46-39-35-31-27-23-19-15-11-7-3-5-9-13-17-21-25-29-33-37-43-54(57)58)50-53(49-51)62-47-40-36-32-28-24-20-16-12-8-4-6-10-14-18-22-26-30-34-38-44-55(59)60/h3-4,7-10,13-14,48-50H,5-6,11-12,15-47H2,1-2H3,(H,57,58)(H,59,60)/b7-3-,8-4-,13-9-,14-10-. The molecule has 0 spiro atoms. The molecule has 7 nitrogen and oxygen atoms in total. The van der Waals surface area contributed by atoms with E-state index in [1.807, 2.05) is 0 Å². The first-order chi connectivity index (χ1) is 30.4. The minimum Gasteiger partial charge on any atom is -0.493 e. The molecule has 1 aromatic rings. The lowest BCUT2D eigenvalue weighted by molar-refractivity contribution is -0.138. The van der Waals surface area contributed by atoms with Crippen LogP contribution < -0.4 is 9.47 Å². The van der Waals surface area contributed by atoms with E-state index in [0.29, 0.717) is 12.8 Å². The molecular formula is C55H93NO6. The third-order valence-corrected chi connectivity index (χ3v) is 11.3. The second-order valence-corrected chi connectivity index (χ2v) is 17.7. The van der Waals surface area contributed by atoms with Gasteiger partial charge in [0.1, 0.15) is 11.5 Å². The zero-order valence-corrected chi connectivity index (χ0v) is 40.0. The van der Waals surface area contributed by atoms with E-state index in [1.54, 1.807) is 0 Å². The highest BCUT2D eigenvalue weighted by molar-refractivity contribution is 5.66. The molecule has 0 saturated carbocycles. The fourth-order valence-electron chi connectivity index (χ4n) is 7.57. The average molecular weight is 864 g/mol. The van der Waals surface area contributed by atoms with E-state index in [9.17, 15) is 9.59 Å². The van der Waals surface area contributed by atoms with E-state index in [4.69, 9.17) is 19.7 Å². The number of rotatable bonds is 46. The number of hydrogen-bond donors (Lipinski definition) is 2. The van der Waals surface area contributed by atoms with Crippen molar-refractivity contribution in [2.24, 2.45) is 0 Å². The lowest BCUT2D eigenvalue weighted by Gasteiger charge is -2.14. The molecular weight excluding hydrogens is 771 g/mol. The summed E-state index contributed by atoms with van der Waals surface area (Å²) in [6.45, 7) is 2.61. The van der Waals surface area contributed by atoms with Crippen LogP contribution in [0.5, 0.6) is 11.5 Å². The Morgan fingerprint density at radius 3 is 1.10 bits per heavy atom. The zero-order valence-electron chi connectivity index (χ0n) is 40.0. The Hall–Kier alpha value is -3.32. The van der Waals surface area contributed by atoms with Gasteiger partial charge >= 0.3 is 11.9 Å². The van der Waals surface area contributed by atoms with Crippen LogP contribution in [0, 0.1) is 0 Å². The van der Waals surface area contributed by atoms with Gasteiger partial charge in [-0.2, -0.15) is 0 Å². The quantitative estimate of drug-likeness (QED) is 0.0498. The van der Waals surface area contributed by atoms with Gasteiger partial charge in [-0.05, 0) is 141 Å². The molecule has 2 N–H and O–H groups in total. The van der Waals surface area contributed by atoms with Gasteiger partial charge in [-0.15, -0.1) is 0 Å². The van der Waals surface area contributed by atoms with Crippen LogP contribution in [0.15, 0.2) is 66.8 Å². The van der Waals surface area contributed by atoms with Crippen molar-refractivity contribution in [3.05, 3.63) is 72.4 Å². The molecule has 7 heteroatoms. The minimum absolute atomic E-state index is 0.308. The molecule has 62 heavy (non-hydrogen) atoms. The molecule has 0 heterocycles. The van der Waals surface area contributed by atoms with Crippen LogP contribution in [0.3, 0.4) is 0 Å². The molecule has 0 fully saturated rings. The summed E-state index contributed by atoms with van der Waals surface area (Å²) in [4.78, 5) is 23.3. The van der Waals surface area contributed by atoms with Crippen molar-refractivity contribution in [1.82, 2.24) is 4.90 Å². The van der Waals surface area contributed by atoms with Crippen molar-refractivity contribution in [2.75, 3.05) is 33.9 Å². The van der Waals surface area contributed by atoms with Gasteiger partial charge in [0.05, 0.1) is 13.2 Å². The number of carbonyl (C=O) groups is 2. The van der Waals surface area contributed by atoms with Crippen molar-refractivity contribution >= 4 is 11.9 Å². The predicted octanol–water partition coefficient (Wildman–Crippen LogP) is 15.8. The van der Waals surface area contributed by atoms with Gasteiger partial charge in [0.15, 0.2) is 0 Å². The normalized spacial score (nSPS) is 12.0. The smallest absolute Gasteiger partial charge is 0.303 e. The highest BCUT2D eigenvalue weighted by Crippen LogP contribution is 2.25. The second kappa shape index (κ2) is 44.3. The van der Waals surface area contributed by atoms with E-state index < -0.39 is 11.9 Å². The summed E-state index contributed by atoms with van der Waals surface area (Å²) in [6, 6.07) is 6.54.